The summed E-state index contributed by atoms with van der Waals surface area (Å²) >= 11 is 0. The second-order valence-corrected chi connectivity index (χ2v) is 9.68. The molecule has 0 atom stereocenters. The van der Waals surface area contributed by atoms with Crippen molar-refractivity contribution in [2.24, 2.45) is 0 Å². The minimum Gasteiger partial charge on any atom is -0.368 e. The number of anilines is 4. The van der Waals surface area contributed by atoms with Gasteiger partial charge < -0.3 is 20.9 Å². The topological polar surface area (TPSA) is 137 Å². The van der Waals surface area contributed by atoms with Crippen molar-refractivity contribution >= 4 is 45.1 Å². The number of aromatic nitrogens is 2. The van der Waals surface area contributed by atoms with Crippen LogP contribution < -0.4 is 16.0 Å². The van der Waals surface area contributed by atoms with Gasteiger partial charge in [-0.15, -0.1) is 0 Å². The number of fused-ring (bicyclic) bond motifs is 1. The van der Waals surface area contributed by atoms with Crippen molar-refractivity contribution in [1.82, 2.24) is 19.2 Å². The lowest BCUT2D eigenvalue weighted by atomic mass is 10.1. The quantitative estimate of drug-likeness (QED) is 0.525. The Morgan fingerprint density at radius 2 is 1.94 bits per heavy atom. The third-order valence-electron chi connectivity index (χ3n) is 4.80. The Kier molecular flexibility index (Phi) is 6.86. The van der Waals surface area contributed by atoms with Crippen molar-refractivity contribution in [1.29, 1.82) is 0 Å². The van der Waals surface area contributed by atoms with Gasteiger partial charge in [0.2, 0.25) is 21.9 Å². The summed E-state index contributed by atoms with van der Waals surface area (Å²) in [6.45, 7) is -0.445. The van der Waals surface area contributed by atoms with Crippen molar-refractivity contribution in [3.63, 3.8) is 0 Å². The van der Waals surface area contributed by atoms with Crippen LogP contribution in [0.25, 0.3) is 0 Å². The van der Waals surface area contributed by atoms with Crippen LogP contribution in [0.4, 0.5) is 41.1 Å². The van der Waals surface area contributed by atoms with E-state index in [0.717, 1.165) is 11.9 Å². The maximum absolute atomic E-state index is 13.4. The molecule has 0 saturated carbocycles. The first-order valence-corrected chi connectivity index (χ1v) is 11.4. The Balaban J connectivity index is 1.77. The van der Waals surface area contributed by atoms with Gasteiger partial charge in [-0.05, 0) is 23.8 Å². The number of hydrogen-bond acceptors (Lipinski definition) is 8. The first-order chi connectivity index (χ1) is 15.8. The Bertz CT molecular complexity index is 1220. The second kappa shape index (κ2) is 9.32. The summed E-state index contributed by atoms with van der Waals surface area (Å²) in [6.07, 6.45) is -4.05. The van der Waals surface area contributed by atoms with Crippen LogP contribution in [0.1, 0.15) is 11.1 Å². The maximum atomic E-state index is 13.4. The van der Waals surface area contributed by atoms with Crippen LogP contribution in [0, 0.1) is 0 Å². The zero-order valence-corrected chi connectivity index (χ0v) is 19.2. The summed E-state index contributed by atoms with van der Waals surface area (Å²) in [5.41, 5.74) is 0.622. The molecule has 34 heavy (non-hydrogen) atoms. The first kappa shape index (κ1) is 25.0. The molecule has 3 N–H and O–H groups in total. The molecule has 0 bridgehead atoms. The average Bonchev–Trinajstić information content (AvgIpc) is 3.11. The lowest BCUT2D eigenvalue weighted by molar-refractivity contribution is -0.137. The van der Waals surface area contributed by atoms with Gasteiger partial charge in [0.1, 0.15) is 11.4 Å². The van der Waals surface area contributed by atoms with E-state index in [1.54, 1.807) is 18.2 Å². The third kappa shape index (κ3) is 5.65. The second-order valence-electron chi connectivity index (χ2n) is 7.56. The molecule has 3 rings (SSSR count). The molecular weight excluding hydrogens is 479 g/mol. The van der Waals surface area contributed by atoms with Gasteiger partial charge in [-0.25, -0.2) is 22.5 Å². The normalized spacial score (nSPS) is 13.2. The van der Waals surface area contributed by atoms with Gasteiger partial charge in [-0.1, -0.05) is 0 Å². The van der Waals surface area contributed by atoms with E-state index in [2.05, 4.69) is 25.9 Å². The summed E-state index contributed by atoms with van der Waals surface area (Å²) in [6, 6.07) is 4.09. The van der Waals surface area contributed by atoms with E-state index >= 15 is 0 Å². The Hall–Kier alpha value is -3.62. The lowest BCUT2D eigenvalue weighted by Crippen LogP contribution is -2.42. The number of nitrogens with one attached hydrogen (secondary N) is 3. The zero-order chi connectivity index (χ0) is 25.3. The number of carbonyl (C=O) groups excluding carboxylic acids is 2. The highest BCUT2D eigenvalue weighted by Crippen LogP contribution is 2.34. The smallest absolute Gasteiger partial charge is 0.368 e. The standard InChI is InChI=1S/C19H22F3N7O4S/c1-28(2)18(31)29(3)34(32,33)7-6-23-16-13(19(20,21)22)10-24-17(27-16)25-12-4-5-14-11(8-12)9-15(30)26-14/h4-5,8,10H,6-7,9H2,1-3H3,(H,26,30)(H2,23,24,25,27). The average molecular weight is 501 g/mol. The van der Waals surface area contributed by atoms with Gasteiger partial charge in [-0.2, -0.15) is 18.2 Å². The monoisotopic (exact) mass is 501 g/mol. The number of halogens is 3. The summed E-state index contributed by atoms with van der Waals surface area (Å²) in [7, 11) is -0.289. The van der Waals surface area contributed by atoms with Crippen LogP contribution in [0.3, 0.4) is 0 Å². The molecular formula is C19H22F3N7O4S. The van der Waals surface area contributed by atoms with E-state index in [1.807, 2.05) is 0 Å². The summed E-state index contributed by atoms with van der Waals surface area (Å²) in [5, 5.41) is 7.82. The van der Waals surface area contributed by atoms with E-state index in [1.165, 1.54) is 14.1 Å². The molecule has 0 saturated heterocycles. The molecule has 0 radical (unpaired) electrons. The van der Waals surface area contributed by atoms with Crippen molar-refractivity contribution in [3.05, 3.63) is 35.5 Å². The number of amides is 3. The molecule has 0 spiro atoms. The van der Waals surface area contributed by atoms with Crippen LogP contribution in [0.2, 0.25) is 0 Å². The van der Waals surface area contributed by atoms with Crippen molar-refractivity contribution in [2.75, 3.05) is 49.4 Å². The molecule has 1 aliphatic rings. The van der Waals surface area contributed by atoms with Crippen LogP contribution >= 0.6 is 0 Å². The van der Waals surface area contributed by atoms with Crippen LogP contribution in [0.5, 0.6) is 0 Å². The number of urea groups is 1. The number of rotatable bonds is 7. The molecule has 1 aromatic heterocycles. The van der Waals surface area contributed by atoms with Gasteiger partial charge >= 0.3 is 12.2 Å². The van der Waals surface area contributed by atoms with Gasteiger partial charge in [0, 0.05) is 45.3 Å². The number of sulfonamides is 1. The predicted molar refractivity (Wildman–Crippen MR) is 118 cm³/mol. The van der Waals surface area contributed by atoms with E-state index in [4.69, 9.17) is 0 Å². The molecule has 0 aliphatic carbocycles. The molecule has 0 unspecified atom stereocenters. The van der Waals surface area contributed by atoms with E-state index in [-0.39, 0.29) is 18.3 Å². The fraction of sp³-hybridized carbons (Fsp3) is 0.368. The van der Waals surface area contributed by atoms with Crippen LogP contribution in [0.15, 0.2) is 24.4 Å². The van der Waals surface area contributed by atoms with Gasteiger partial charge in [0.25, 0.3) is 0 Å². The minimum absolute atomic E-state index is 0.169. The zero-order valence-electron chi connectivity index (χ0n) is 18.4. The fourth-order valence-electron chi connectivity index (χ4n) is 3.06. The van der Waals surface area contributed by atoms with Crippen LogP contribution in [-0.4, -0.2) is 73.0 Å². The highest BCUT2D eigenvalue weighted by Gasteiger charge is 2.35. The third-order valence-corrected chi connectivity index (χ3v) is 6.51. The van der Waals surface area contributed by atoms with E-state index in [9.17, 15) is 31.2 Å². The Morgan fingerprint density at radius 3 is 2.59 bits per heavy atom. The van der Waals surface area contributed by atoms with Gasteiger partial charge in [0.15, 0.2) is 0 Å². The van der Waals surface area contributed by atoms with E-state index in [0.29, 0.717) is 27.4 Å². The maximum Gasteiger partial charge on any atom is 0.421 e. The summed E-state index contributed by atoms with van der Waals surface area (Å²) in [4.78, 5) is 32.0. The highest BCUT2D eigenvalue weighted by atomic mass is 32.2. The molecule has 1 aliphatic heterocycles. The lowest BCUT2D eigenvalue weighted by Gasteiger charge is -2.22. The molecule has 2 aromatic rings. The van der Waals surface area contributed by atoms with E-state index < -0.39 is 45.9 Å². The number of carbonyl (C=O) groups is 2. The number of hydrogen-bond donors (Lipinski definition) is 3. The van der Waals surface area contributed by atoms with Crippen molar-refractivity contribution in [2.45, 2.75) is 12.6 Å². The number of alkyl halides is 3. The Labute approximate surface area is 193 Å². The summed E-state index contributed by atoms with van der Waals surface area (Å²) in [5.74, 6) is -1.62. The minimum atomic E-state index is -4.79. The molecule has 2 heterocycles. The van der Waals surface area contributed by atoms with Gasteiger partial charge in [-0.3, -0.25) is 4.79 Å². The van der Waals surface area contributed by atoms with Crippen molar-refractivity contribution in [3.8, 4) is 0 Å². The Morgan fingerprint density at radius 1 is 1.24 bits per heavy atom. The molecule has 184 valence electrons. The molecule has 3 amide bonds. The van der Waals surface area contributed by atoms with Gasteiger partial charge in [0.05, 0.1) is 12.2 Å². The highest BCUT2D eigenvalue weighted by molar-refractivity contribution is 7.89. The summed E-state index contributed by atoms with van der Waals surface area (Å²) < 4.78 is 65.4. The number of benzene rings is 1. The van der Waals surface area contributed by atoms with Crippen molar-refractivity contribution < 1.29 is 31.2 Å². The first-order valence-electron chi connectivity index (χ1n) is 9.84. The fourth-order valence-corrected chi connectivity index (χ4v) is 4.09. The SMILES string of the molecule is CN(C)C(=O)N(C)S(=O)(=O)CCNc1nc(Nc2ccc3c(c2)CC(=O)N3)ncc1C(F)(F)F. The molecule has 11 nitrogen and oxygen atoms in total. The molecule has 1 aromatic carbocycles. The molecule has 15 heteroatoms. The number of nitrogens with zero attached hydrogens (tertiary/aromatic N) is 4. The molecule has 0 fully saturated rings. The predicted octanol–water partition coefficient (Wildman–Crippen LogP) is 2.09. The van der Waals surface area contributed by atoms with Crippen LogP contribution in [-0.2, 0) is 27.4 Å². The largest absolute Gasteiger partial charge is 0.421 e.